The zero-order valence-electron chi connectivity index (χ0n) is 10.7. The standard InChI is InChI=1S/C14H12Cl2N2O2/c1-9-6-10(15)7-11(16)14(9)20-8-13(19)18-12-4-2-3-5-17-12/h2-7H,8H2,1H3,(H,17,18,19). The molecule has 1 amide bonds. The number of hydrogen-bond donors (Lipinski definition) is 1. The van der Waals surface area contributed by atoms with E-state index in [4.69, 9.17) is 27.9 Å². The number of nitrogens with one attached hydrogen (secondary N) is 1. The summed E-state index contributed by atoms with van der Waals surface area (Å²) < 4.78 is 5.43. The highest BCUT2D eigenvalue weighted by Gasteiger charge is 2.10. The van der Waals surface area contributed by atoms with E-state index in [9.17, 15) is 4.79 Å². The second kappa shape index (κ2) is 6.59. The minimum absolute atomic E-state index is 0.154. The number of pyridine rings is 1. The highest BCUT2D eigenvalue weighted by molar-refractivity contribution is 6.35. The van der Waals surface area contributed by atoms with Crippen molar-refractivity contribution in [3.8, 4) is 5.75 Å². The summed E-state index contributed by atoms with van der Waals surface area (Å²) >= 11 is 11.9. The van der Waals surface area contributed by atoms with E-state index in [1.54, 1.807) is 36.5 Å². The monoisotopic (exact) mass is 310 g/mol. The molecule has 2 aromatic rings. The highest BCUT2D eigenvalue weighted by Crippen LogP contribution is 2.31. The lowest BCUT2D eigenvalue weighted by molar-refractivity contribution is -0.118. The van der Waals surface area contributed by atoms with E-state index in [0.29, 0.717) is 21.6 Å². The summed E-state index contributed by atoms with van der Waals surface area (Å²) in [5.74, 6) is 0.612. The zero-order chi connectivity index (χ0) is 14.5. The molecule has 2 rings (SSSR count). The third-order valence-corrected chi connectivity index (χ3v) is 2.97. The molecule has 0 fully saturated rings. The summed E-state index contributed by atoms with van der Waals surface area (Å²) in [5.41, 5.74) is 0.771. The van der Waals surface area contributed by atoms with Gasteiger partial charge in [-0.2, -0.15) is 0 Å². The molecule has 1 heterocycles. The molecule has 0 unspecified atom stereocenters. The van der Waals surface area contributed by atoms with Crippen LogP contribution in [0.2, 0.25) is 10.0 Å². The van der Waals surface area contributed by atoms with Gasteiger partial charge < -0.3 is 10.1 Å². The average molecular weight is 311 g/mol. The second-order valence-electron chi connectivity index (χ2n) is 4.09. The SMILES string of the molecule is Cc1cc(Cl)cc(Cl)c1OCC(=O)Nc1ccccn1. The van der Waals surface area contributed by atoms with Crippen molar-refractivity contribution in [2.75, 3.05) is 11.9 Å². The Morgan fingerprint density at radius 2 is 2.15 bits per heavy atom. The van der Waals surface area contributed by atoms with Crippen molar-refractivity contribution in [3.05, 3.63) is 52.1 Å². The van der Waals surface area contributed by atoms with Crippen LogP contribution in [-0.4, -0.2) is 17.5 Å². The van der Waals surface area contributed by atoms with Crippen LogP contribution in [0.15, 0.2) is 36.5 Å². The number of ether oxygens (including phenoxy) is 1. The summed E-state index contributed by atoms with van der Waals surface area (Å²) in [5, 5.41) is 3.52. The van der Waals surface area contributed by atoms with Gasteiger partial charge in [-0.25, -0.2) is 4.98 Å². The van der Waals surface area contributed by atoms with Gasteiger partial charge in [0.15, 0.2) is 6.61 Å². The van der Waals surface area contributed by atoms with E-state index >= 15 is 0 Å². The lowest BCUT2D eigenvalue weighted by Crippen LogP contribution is -2.21. The summed E-state index contributed by atoms with van der Waals surface area (Å²) in [6, 6.07) is 8.53. The first-order chi connectivity index (χ1) is 9.56. The first-order valence-electron chi connectivity index (χ1n) is 5.85. The number of anilines is 1. The molecule has 0 radical (unpaired) electrons. The van der Waals surface area contributed by atoms with Crippen LogP contribution in [0.1, 0.15) is 5.56 Å². The number of aryl methyl sites for hydroxylation is 1. The number of amides is 1. The van der Waals surface area contributed by atoms with Gasteiger partial charge in [0.2, 0.25) is 0 Å². The normalized spacial score (nSPS) is 10.2. The van der Waals surface area contributed by atoms with E-state index < -0.39 is 0 Å². The van der Waals surface area contributed by atoms with Crippen molar-refractivity contribution in [2.45, 2.75) is 6.92 Å². The predicted octanol–water partition coefficient (Wildman–Crippen LogP) is 3.71. The van der Waals surface area contributed by atoms with Crippen LogP contribution in [0, 0.1) is 6.92 Å². The molecule has 0 aliphatic heterocycles. The maximum Gasteiger partial charge on any atom is 0.263 e. The van der Waals surface area contributed by atoms with E-state index in [1.165, 1.54) is 0 Å². The molecule has 4 nitrogen and oxygen atoms in total. The molecule has 1 aromatic heterocycles. The highest BCUT2D eigenvalue weighted by atomic mass is 35.5. The largest absolute Gasteiger partial charge is 0.482 e. The van der Waals surface area contributed by atoms with Crippen LogP contribution in [0.25, 0.3) is 0 Å². The van der Waals surface area contributed by atoms with Crippen LogP contribution in [0.4, 0.5) is 5.82 Å². The average Bonchev–Trinajstić information content (AvgIpc) is 2.38. The number of carbonyl (C=O) groups excluding carboxylic acids is 1. The zero-order valence-corrected chi connectivity index (χ0v) is 12.2. The van der Waals surface area contributed by atoms with Crippen molar-refractivity contribution < 1.29 is 9.53 Å². The Bertz CT molecular complexity index is 595. The first kappa shape index (κ1) is 14.6. The van der Waals surface area contributed by atoms with E-state index in [2.05, 4.69) is 10.3 Å². The van der Waals surface area contributed by atoms with Gasteiger partial charge in [0.05, 0.1) is 5.02 Å². The number of nitrogens with zero attached hydrogens (tertiary/aromatic N) is 1. The van der Waals surface area contributed by atoms with Crippen LogP contribution in [0.3, 0.4) is 0 Å². The molecule has 0 atom stereocenters. The molecule has 104 valence electrons. The van der Waals surface area contributed by atoms with Crippen molar-refractivity contribution in [1.82, 2.24) is 4.98 Å². The third kappa shape index (κ3) is 3.85. The van der Waals surface area contributed by atoms with Gasteiger partial charge in [-0.3, -0.25) is 4.79 Å². The Balaban J connectivity index is 1.97. The van der Waals surface area contributed by atoms with Crippen molar-refractivity contribution in [1.29, 1.82) is 0 Å². The van der Waals surface area contributed by atoms with Gasteiger partial charge in [-0.15, -0.1) is 0 Å². The molecule has 0 saturated heterocycles. The van der Waals surface area contributed by atoms with E-state index in [-0.39, 0.29) is 12.5 Å². The van der Waals surface area contributed by atoms with Crippen molar-refractivity contribution in [3.63, 3.8) is 0 Å². The number of aromatic nitrogens is 1. The number of hydrogen-bond acceptors (Lipinski definition) is 3. The minimum atomic E-state index is -0.311. The van der Waals surface area contributed by atoms with Gasteiger partial charge in [-0.05, 0) is 36.8 Å². The number of halogens is 2. The first-order valence-corrected chi connectivity index (χ1v) is 6.61. The van der Waals surface area contributed by atoms with Gasteiger partial charge >= 0.3 is 0 Å². The summed E-state index contributed by atoms with van der Waals surface area (Å²) in [6.45, 7) is 1.66. The Morgan fingerprint density at radius 1 is 1.35 bits per heavy atom. The lowest BCUT2D eigenvalue weighted by atomic mass is 10.2. The maximum absolute atomic E-state index is 11.7. The Labute approximate surface area is 126 Å². The Morgan fingerprint density at radius 3 is 2.80 bits per heavy atom. The van der Waals surface area contributed by atoms with Gasteiger partial charge in [0, 0.05) is 11.2 Å². The Kier molecular flexibility index (Phi) is 4.82. The van der Waals surface area contributed by atoms with Gasteiger partial charge in [-0.1, -0.05) is 29.3 Å². The number of rotatable bonds is 4. The van der Waals surface area contributed by atoms with Crippen LogP contribution in [-0.2, 0) is 4.79 Å². The minimum Gasteiger partial charge on any atom is -0.482 e. The molecule has 0 bridgehead atoms. The summed E-state index contributed by atoms with van der Waals surface area (Å²) in [4.78, 5) is 15.7. The Hall–Kier alpha value is -1.78. The fourth-order valence-electron chi connectivity index (χ4n) is 1.63. The van der Waals surface area contributed by atoms with Gasteiger partial charge in [0.25, 0.3) is 5.91 Å². The fraction of sp³-hybridized carbons (Fsp3) is 0.143. The van der Waals surface area contributed by atoms with Crippen LogP contribution in [0.5, 0.6) is 5.75 Å². The second-order valence-corrected chi connectivity index (χ2v) is 4.93. The van der Waals surface area contributed by atoms with E-state index in [0.717, 1.165) is 5.56 Å². The molecule has 0 spiro atoms. The lowest BCUT2D eigenvalue weighted by Gasteiger charge is -2.11. The number of benzene rings is 1. The fourth-order valence-corrected chi connectivity index (χ4v) is 2.27. The predicted molar refractivity (Wildman–Crippen MR) is 79.6 cm³/mol. The molecule has 6 heteroatoms. The quantitative estimate of drug-likeness (QED) is 0.936. The molecule has 20 heavy (non-hydrogen) atoms. The summed E-state index contributed by atoms with van der Waals surface area (Å²) in [6.07, 6.45) is 1.59. The molecule has 0 aliphatic carbocycles. The maximum atomic E-state index is 11.7. The molecule has 1 N–H and O–H groups in total. The molecular formula is C14H12Cl2N2O2. The van der Waals surface area contributed by atoms with Crippen LogP contribution < -0.4 is 10.1 Å². The van der Waals surface area contributed by atoms with Crippen LogP contribution >= 0.6 is 23.2 Å². The smallest absolute Gasteiger partial charge is 0.263 e. The topological polar surface area (TPSA) is 51.2 Å². The van der Waals surface area contributed by atoms with E-state index in [1.807, 2.05) is 6.92 Å². The molecular weight excluding hydrogens is 299 g/mol. The van der Waals surface area contributed by atoms with Gasteiger partial charge in [0.1, 0.15) is 11.6 Å². The summed E-state index contributed by atoms with van der Waals surface area (Å²) in [7, 11) is 0. The van der Waals surface area contributed by atoms with Crippen molar-refractivity contribution >= 4 is 34.9 Å². The number of carbonyl (C=O) groups is 1. The molecule has 0 aliphatic rings. The molecule has 1 aromatic carbocycles. The van der Waals surface area contributed by atoms with Crippen molar-refractivity contribution in [2.24, 2.45) is 0 Å². The third-order valence-electron chi connectivity index (χ3n) is 2.47. The molecule has 0 saturated carbocycles.